The molecule has 0 aliphatic heterocycles. The normalized spacial score (nSPS) is 11.0. The van der Waals surface area contributed by atoms with E-state index < -0.39 is 0 Å². The lowest BCUT2D eigenvalue weighted by atomic mass is 10.2. The Labute approximate surface area is 71.6 Å². The van der Waals surface area contributed by atoms with Gasteiger partial charge in [0.15, 0.2) is 0 Å². The van der Waals surface area contributed by atoms with E-state index in [0.29, 0.717) is 18.9 Å². The Kier molecular flexibility index (Phi) is 3.19. The second kappa shape index (κ2) is 4.18. The van der Waals surface area contributed by atoms with Crippen molar-refractivity contribution in [3.8, 4) is 0 Å². The van der Waals surface area contributed by atoms with Crippen molar-refractivity contribution in [2.45, 2.75) is 32.7 Å². The summed E-state index contributed by atoms with van der Waals surface area (Å²) in [6.07, 6.45) is 2.23. The first-order chi connectivity index (χ1) is 5.74. The van der Waals surface area contributed by atoms with E-state index in [4.69, 9.17) is 0 Å². The van der Waals surface area contributed by atoms with Crippen molar-refractivity contribution >= 4 is 0 Å². The molecule has 0 fully saturated rings. The highest BCUT2D eigenvalue weighted by molar-refractivity contribution is 4.97. The molecule has 0 spiro atoms. The topological polar surface area (TPSA) is 30.7 Å². The highest BCUT2D eigenvalue weighted by Gasteiger charge is 2.03. The quantitative estimate of drug-likeness (QED) is 0.691. The predicted molar refractivity (Wildman–Crippen MR) is 44.7 cm³/mol. The fourth-order valence-corrected chi connectivity index (χ4v) is 0.884. The van der Waals surface area contributed by atoms with E-state index in [1.165, 1.54) is 0 Å². The number of alkyl halides is 1. The number of hydrogen-bond acceptors (Lipinski definition) is 2. The van der Waals surface area contributed by atoms with E-state index in [0.717, 1.165) is 5.69 Å². The van der Waals surface area contributed by atoms with Gasteiger partial charge in [-0.1, -0.05) is 13.8 Å². The van der Waals surface area contributed by atoms with Crippen molar-refractivity contribution in [1.82, 2.24) is 15.0 Å². The molecule has 1 aromatic heterocycles. The number of aryl methyl sites for hydroxylation is 1. The molecular formula is C8H14FN3. The van der Waals surface area contributed by atoms with Crippen molar-refractivity contribution in [3.63, 3.8) is 0 Å². The minimum atomic E-state index is -0.307. The first kappa shape index (κ1) is 9.16. The molecule has 0 unspecified atom stereocenters. The molecule has 68 valence electrons. The van der Waals surface area contributed by atoms with E-state index in [1.807, 2.05) is 0 Å². The minimum Gasteiger partial charge on any atom is -0.251 e. The van der Waals surface area contributed by atoms with Crippen LogP contribution in [0.5, 0.6) is 0 Å². The van der Waals surface area contributed by atoms with Crippen LogP contribution in [0.25, 0.3) is 0 Å². The third-order valence-electron chi connectivity index (χ3n) is 1.64. The number of nitrogens with zero attached hydrogens (tertiary/aromatic N) is 3. The van der Waals surface area contributed by atoms with Crippen molar-refractivity contribution in [1.29, 1.82) is 0 Å². The van der Waals surface area contributed by atoms with Gasteiger partial charge < -0.3 is 0 Å². The van der Waals surface area contributed by atoms with Crippen LogP contribution in [-0.4, -0.2) is 21.7 Å². The van der Waals surface area contributed by atoms with Crippen LogP contribution < -0.4 is 0 Å². The molecule has 0 atom stereocenters. The molecule has 3 nitrogen and oxygen atoms in total. The molecule has 0 aromatic carbocycles. The van der Waals surface area contributed by atoms with Gasteiger partial charge in [0.2, 0.25) is 0 Å². The van der Waals surface area contributed by atoms with E-state index in [2.05, 4.69) is 24.0 Å². The van der Waals surface area contributed by atoms with Gasteiger partial charge in [-0.2, -0.15) is 15.0 Å². The number of halogens is 1. The molecule has 0 saturated carbocycles. The maximum atomic E-state index is 11.8. The number of aromatic nitrogens is 3. The third-order valence-corrected chi connectivity index (χ3v) is 1.64. The molecule has 0 aliphatic rings. The van der Waals surface area contributed by atoms with Crippen LogP contribution in [-0.2, 0) is 6.54 Å². The Morgan fingerprint density at radius 2 is 2.33 bits per heavy atom. The lowest BCUT2D eigenvalue weighted by Crippen LogP contribution is -2.03. The molecule has 0 bridgehead atoms. The van der Waals surface area contributed by atoms with Crippen LogP contribution in [0.4, 0.5) is 4.39 Å². The van der Waals surface area contributed by atoms with Crippen LogP contribution in [0.2, 0.25) is 0 Å². The zero-order valence-electron chi connectivity index (χ0n) is 7.50. The summed E-state index contributed by atoms with van der Waals surface area (Å²) in [7, 11) is 0. The van der Waals surface area contributed by atoms with E-state index >= 15 is 0 Å². The Morgan fingerprint density at radius 3 is 2.83 bits per heavy atom. The SMILES string of the molecule is CC(C)c1cnn(CCCF)n1. The van der Waals surface area contributed by atoms with Crippen LogP contribution >= 0.6 is 0 Å². The summed E-state index contributed by atoms with van der Waals surface area (Å²) in [6, 6.07) is 0. The zero-order valence-corrected chi connectivity index (χ0v) is 7.50. The van der Waals surface area contributed by atoms with Gasteiger partial charge >= 0.3 is 0 Å². The summed E-state index contributed by atoms with van der Waals surface area (Å²) < 4.78 is 11.8. The standard InChI is InChI=1S/C8H14FN3/c1-7(2)8-6-10-12(11-8)5-3-4-9/h6-7H,3-5H2,1-2H3. The van der Waals surface area contributed by atoms with Gasteiger partial charge in [-0.25, -0.2) is 0 Å². The molecule has 4 heteroatoms. The number of rotatable bonds is 4. The summed E-state index contributed by atoms with van der Waals surface area (Å²) in [4.78, 5) is 1.55. The monoisotopic (exact) mass is 171 g/mol. The summed E-state index contributed by atoms with van der Waals surface area (Å²) in [5.41, 5.74) is 0.967. The Hall–Kier alpha value is -0.930. The zero-order chi connectivity index (χ0) is 8.97. The first-order valence-electron chi connectivity index (χ1n) is 4.20. The predicted octanol–water partition coefficient (Wildman–Crippen LogP) is 1.76. The second-order valence-corrected chi connectivity index (χ2v) is 3.06. The van der Waals surface area contributed by atoms with Gasteiger partial charge in [0, 0.05) is 0 Å². The number of hydrogen-bond donors (Lipinski definition) is 0. The van der Waals surface area contributed by atoms with Crippen molar-refractivity contribution in [3.05, 3.63) is 11.9 Å². The molecule has 0 saturated heterocycles. The Balaban J connectivity index is 2.52. The molecule has 12 heavy (non-hydrogen) atoms. The molecule has 0 N–H and O–H groups in total. The average molecular weight is 171 g/mol. The van der Waals surface area contributed by atoms with Gasteiger partial charge in [-0.15, -0.1) is 0 Å². The maximum Gasteiger partial charge on any atom is 0.0912 e. The molecule has 0 aliphatic carbocycles. The Bertz CT molecular complexity index is 232. The molecule has 0 amide bonds. The lowest BCUT2D eigenvalue weighted by Gasteiger charge is -1.97. The van der Waals surface area contributed by atoms with Crippen LogP contribution in [0.3, 0.4) is 0 Å². The van der Waals surface area contributed by atoms with Crippen molar-refractivity contribution in [2.75, 3.05) is 6.67 Å². The fourth-order valence-electron chi connectivity index (χ4n) is 0.884. The second-order valence-electron chi connectivity index (χ2n) is 3.06. The van der Waals surface area contributed by atoms with E-state index in [1.54, 1.807) is 11.0 Å². The third kappa shape index (κ3) is 2.29. The van der Waals surface area contributed by atoms with Gasteiger partial charge in [-0.05, 0) is 12.3 Å². The summed E-state index contributed by atoms with van der Waals surface area (Å²) >= 11 is 0. The largest absolute Gasteiger partial charge is 0.251 e. The highest BCUT2D eigenvalue weighted by atomic mass is 19.1. The van der Waals surface area contributed by atoms with Gasteiger partial charge in [-0.3, -0.25) is 4.39 Å². The molecule has 0 radical (unpaired) electrons. The van der Waals surface area contributed by atoms with E-state index in [-0.39, 0.29) is 6.67 Å². The average Bonchev–Trinajstić information content (AvgIpc) is 2.48. The summed E-state index contributed by atoms with van der Waals surface area (Å²) in [5.74, 6) is 0.393. The van der Waals surface area contributed by atoms with Gasteiger partial charge in [0.25, 0.3) is 0 Å². The van der Waals surface area contributed by atoms with E-state index in [9.17, 15) is 4.39 Å². The molecule has 1 rings (SSSR count). The van der Waals surface area contributed by atoms with Crippen LogP contribution in [0, 0.1) is 0 Å². The molecule has 1 heterocycles. The summed E-state index contributed by atoms with van der Waals surface area (Å²) in [6.45, 7) is 4.38. The van der Waals surface area contributed by atoms with Crippen molar-refractivity contribution < 1.29 is 4.39 Å². The molecule has 1 aromatic rings. The highest BCUT2D eigenvalue weighted by Crippen LogP contribution is 2.08. The maximum absolute atomic E-state index is 11.8. The van der Waals surface area contributed by atoms with Gasteiger partial charge in [0.05, 0.1) is 25.1 Å². The smallest absolute Gasteiger partial charge is 0.0912 e. The summed E-state index contributed by atoms with van der Waals surface area (Å²) in [5, 5.41) is 8.20. The first-order valence-corrected chi connectivity index (χ1v) is 4.20. The van der Waals surface area contributed by atoms with Crippen LogP contribution in [0.15, 0.2) is 6.20 Å². The van der Waals surface area contributed by atoms with Crippen molar-refractivity contribution in [2.24, 2.45) is 0 Å². The molecular weight excluding hydrogens is 157 g/mol. The van der Waals surface area contributed by atoms with Gasteiger partial charge in [0.1, 0.15) is 0 Å². The fraction of sp³-hybridized carbons (Fsp3) is 0.750. The van der Waals surface area contributed by atoms with Crippen LogP contribution in [0.1, 0.15) is 31.9 Å². The lowest BCUT2D eigenvalue weighted by molar-refractivity contribution is 0.414. The Morgan fingerprint density at radius 1 is 1.58 bits per heavy atom. The minimum absolute atomic E-state index is 0.307.